The van der Waals surface area contributed by atoms with Crippen LogP contribution < -0.4 is 0 Å². The Kier molecular flexibility index (Phi) is 6.03. The lowest BCUT2D eigenvalue weighted by Gasteiger charge is -2.47. The average molecular weight is 228 g/mol. The van der Waals surface area contributed by atoms with Gasteiger partial charge in [-0.15, -0.1) is 0 Å². The van der Waals surface area contributed by atoms with Gasteiger partial charge in [0.05, 0.1) is 6.10 Å². The number of hydrogen-bond donors (Lipinski definition) is 1. The number of aliphatic hydroxyl groups excluding tert-OH is 1. The monoisotopic (exact) mass is 228 g/mol. The van der Waals surface area contributed by atoms with E-state index >= 15 is 0 Å². The molecule has 0 spiro atoms. The van der Waals surface area contributed by atoms with Crippen LogP contribution in [0.4, 0.5) is 0 Å². The van der Waals surface area contributed by atoms with Crippen molar-refractivity contribution in [2.24, 2.45) is 29.1 Å². The van der Waals surface area contributed by atoms with Gasteiger partial charge in [0.2, 0.25) is 0 Å². The topological polar surface area (TPSA) is 20.2 Å². The fraction of sp³-hybridized carbons (Fsp3) is 1.00. The summed E-state index contributed by atoms with van der Waals surface area (Å²) in [5.74, 6) is 2.37. The van der Waals surface area contributed by atoms with Gasteiger partial charge in [0, 0.05) is 0 Å². The zero-order valence-corrected chi connectivity index (χ0v) is 12.5. The summed E-state index contributed by atoms with van der Waals surface area (Å²) in [4.78, 5) is 0. The third-order valence-corrected chi connectivity index (χ3v) is 5.36. The van der Waals surface area contributed by atoms with Gasteiger partial charge < -0.3 is 5.11 Å². The first-order valence-corrected chi connectivity index (χ1v) is 6.87. The van der Waals surface area contributed by atoms with Crippen LogP contribution in [0, 0.1) is 29.1 Å². The summed E-state index contributed by atoms with van der Waals surface area (Å²) in [6.07, 6.45) is 0.947. The molecular formula is C15H32O. The van der Waals surface area contributed by atoms with Crippen molar-refractivity contribution in [2.75, 3.05) is 0 Å². The third-order valence-electron chi connectivity index (χ3n) is 5.36. The molecule has 1 heteroatoms. The molecule has 0 heterocycles. The van der Waals surface area contributed by atoms with Gasteiger partial charge in [-0.2, -0.15) is 0 Å². The van der Waals surface area contributed by atoms with Gasteiger partial charge in [-0.3, -0.25) is 0 Å². The van der Waals surface area contributed by atoms with E-state index in [2.05, 4.69) is 48.5 Å². The van der Waals surface area contributed by atoms with Crippen LogP contribution in [0.15, 0.2) is 0 Å². The first-order chi connectivity index (χ1) is 7.19. The van der Waals surface area contributed by atoms with E-state index in [0.29, 0.717) is 23.7 Å². The number of rotatable bonds is 6. The summed E-state index contributed by atoms with van der Waals surface area (Å²) in [7, 11) is 0. The Labute approximate surface area is 103 Å². The predicted molar refractivity (Wildman–Crippen MR) is 72.4 cm³/mol. The molecule has 98 valence electrons. The molecular weight excluding hydrogens is 196 g/mol. The van der Waals surface area contributed by atoms with Gasteiger partial charge >= 0.3 is 0 Å². The second-order valence-corrected chi connectivity index (χ2v) is 6.25. The van der Waals surface area contributed by atoms with Crippen LogP contribution in [0.25, 0.3) is 0 Å². The first-order valence-electron chi connectivity index (χ1n) is 6.87. The minimum absolute atomic E-state index is 0.0175. The quantitative estimate of drug-likeness (QED) is 0.716. The minimum atomic E-state index is -0.242. The second-order valence-electron chi connectivity index (χ2n) is 6.25. The molecule has 0 amide bonds. The highest BCUT2D eigenvalue weighted by molar-refractivity contribution is 4.91. The molecule has 1 nitrogen and oxygen atoms in total. The van der Waals surface area contributed by atoms with Gasteiger partial charge in [-0.05, 0) is 36.0 Å². The molecule has 16 heavy (non-hydrogen) atoms. The maximum Gasteiger partial charge on any atom is 0.0570 e. The van der Waals surface area contributed by atoms with Crippen molar-refractivity contribution >= 4 is 0 Å². The van der Waals surface area contributed by atoms with E-state index in [9.17, 15) is 5.11 Å². The summed E-state index contributed by atoms with van der Waals surface area (Å²) in [5.41, 5.74) is 0.0175. The molecule has 0 aliphatic rings. The molecule has 0 aromatic carbocycles. The van der Waals surface area contributed by atoms with Crippen LogP contribution in [0.2, 0.25) is 0 Å². The Bertz CT molecular complexity index is 198. The molecule has 0 radical (unpaired) electrons. The van der Waals surface area contributed by atoms with Crippen molar-refractivity contribution in [1.29, 1.82) is 0 Å². The lowest BCUT2D eigenvalue weighted by Crippen LogP contribution is -2.46. The number of hydrogen-bond acceptors (Lipinski definition) is 1. The average Bonchev–Trinajstić information content (AvgIpc) is 2.24. The molecule has 5 atom stereocenters. The van der Waals surface area contributed by atoms with Crippen molar-refractivity contribution in [1.82, 2.24) is 0 Å². The van der Waals surface area contributed by atoms with Gasteiger partial charge in [0.15, 0.2) is 0 Å². The van der Waals surface area contributed by atoms with E-state index in [-0.39, 0.29) is 11.5 Å². The lowest BCUT2D eigenvalue weighted by atomic mass is 9.59. The summed E-state index contributed by atoms with van der Waals surface area (Å²) in [5, 5.41) is 10.2. The molecule has 0 saturated heterocycles. The van der Waals surface area contributed by atoms with Gasteiger partial charge in [-0.1, -0.05) is 54.9 Å². The summed E-state index contributed by atoms with van der Waals surface area (Å²) >= 11 is 0. The van der Waals surface area contributed by atoms with Crippen molar-refractivity contribution < 1.29 is 5.11 Å². The largest absolute Gasteiger partial charge is 0.393 e. The van der Waals surface area contributed by atoms with Gasteiger partial charge in [0.1, 0.15) is 0 Å². The molecule has 0 aromatic heterocycles. The van der Waals surface area contributed by atoms with E-state index in [0.717, 1.165) is 0 Å². The van der Waals surface area contributed by atoms with Gasteiger partial charge in [-0.25, -0.2) is 0 Å². The Morgan fingerprint density at radius 2 is 1.38 bits per heavy atom. The third kappa shape index (κ3) is 3.00. The zero-order valence-electron chi connectivity index (χ0n) is 12.5. The van der Waals surface area contributed by atoms with Gasteiger partial charge in [0.25, 0.3) is 0 Å². The fourth-order valence-electron chi connectivity index (χ4n) is 2.86. The summed E-state index contributed by atoms with van der Waals surface area (Å²) < 4.78 is 0. The number of aliphatic hydroxyl groups is 1. The molecule has 0 aliphatic heterocycles. The van der Waals surface area contributed by atoms with E-state index < -0.39 is 0 Å². The first kappa shape index (κ1) is 16.0. The molecule has 0 rings (SSSR count). The van der Waals surface area contributed by atoms with Crippen LogP contribution in [0.1, 0.15) is 61.8 Å². The standard InChI is InChI=1S/C15H32O/c1-9-11(4)13(6)15(8,14(7)16)12(5)10(2)3/h10-14,16H,9H2,1-8H3. The van der Waals surface area contributed by atoms with Crippen LogP contribution >= 0.6 is 0 Å². The highest BCUT2D eigenvalue weighted by Crippen LogP contribution is 2.46. The maximum absolute atomic E-state index is 10.2. The smallest absolute Gasteiger partial charge is 0.0570 e. The van der Waals surface area contributed by atoms with Crippen LogP contribution in [0.5, 0.6) is 0 Å². The Hall–Kier alpha value is -0.0400. The van der Waals surface area contributed by atoms with E-state index in [1.54, 1.807) is 0 Å². The lowest BCUT2D eigenvalue weighted by molar-refractivity contribution is -0.0618. The zero-order chi connectivity index (χ0) is 13.1. The maximum atomic E-state index is 10.2. The summed E-state index contributed by atoms with van der Waals surface area (Å²) in [6.45, 7) is 17.9. The van der Waals surface area contributed by atoms with Crippen LogP contribution in [0.3, 0.4) is 0 Å². The Morgan fingerprint density at radius 1 is 0.938 bits per heavy atom. The van der Waals surface area contributed by atoms with Crippen molar-refractivity contribution in [3.05, 3.63) is 0 Å². The van der Waals surface area contributed by atoms with E-state index in [4.69, 9.17) is 0 Å². The van der Waals surface area contributed by atoms with Crippen molar-refractivity contribution in [2.45, 2.75) is 67.9 Å². The molecule has 0 saturated carbocycles. The van der Waals surface area contributed by atoms with E-state index in [1.165, 1.54) is 6.42 Å². The second kappa shape index (κ2) is 6.05. The van der Waals surface area contributed by atoms with Crippen LogP contribution in [-0.4, -0.2) is 11.2 Å². The van der Waals surface area contributed by atoms with Crippen molar-refractivity contribution in [3.63, 3.8) is 0 Å². The highest BCUT2D eigenvalue weighted by Gasteiger charge is 2.43. The minimum Gasteiger partial charge on any atom is -0.393 e. The predicted octanol–water partition coefficient (Wildman–Crippen LogP) is 4.35. The molecule has 0 bridgehead atoms. The molecule has 0 fully saturated rings. The van der Waals surface area contributed by atoms with Crippen molar-refractivity contribution in [3.8, 4) is 0 Å². The Balaban J connectivity index is 5.10. The fourth-order valence-corrected chi connectivity index (χ4v) is 2.86. The van der Waals surface area contributed by atoms with E-state index in [1.807, 2.05) is 6.92 Å². The molecule has 0 aliphatic carbocycles. The molecule has 5 unspecified atom stereocenters. The summed E-state index contributed by atoms with van der Waals surface area (Å²) in [6, 6.07) is 0. The SMILES string of the molecule is CCC(C)C(C)C(C)(C(C)O)C(C)C(C)C. The Morgan fingerprint density at radius 3 is 1.62 bits per heavy atom. The van der Waals surface area contributed by atoms with Crippen LogP contribution in [-0.2, 0) is 0 Å². The molecule has 0 aromatic rings. The highest BCUT2D eigenvalue weighted by atomic mass is 16.3. The normalized spacial score (nSPS) is 23.6. The molecule has 1 N–H and O–H groups in total.